The molecule has 1 heterocycles. The highest BCUT2D eigenvalue weighted by Crippen LogP contribution is 2.41. The van der Waals surface area contributed by atoms with Crippen molar-refractivity contribution in [2.45, 2.75) is 109 Å². The van der Waals surface area contributed by atoms with Crippen LogP contribution < -0.4 is 4.90 Å². The maximum atomic E-state index is 2.49. The zero-order chi connectivity index (χ0) is 38.5. The molecule has 0 amide bonds. The van der Waals surface area contributed by atoms with E-state index < -0.39 is 0 Å². The van der Waals surface area contributed by atoms with E-state index in [0.717, 1.165) is 25.7 Å². The highest BCUT2D eigenvalue weighted by atomic mass is 15.2. The fourth-order valence-electron chi connectivity index (χ4n) is 8.52. The molecule has 3 aliphatic rings. The predicted molar refractivity (Wildman–Crippen MR) is 266 cm³/mol. The van der Waals surface area contributed by atoms with Crippen LogP contribution in [0.2, 0.25) is 0 Å². The minimum Gasteiger partial charge on any atom is -0.336 e. The van der Waals surface area contributed by atoms with Gasteiger partial charge in [-0.15, -0.1) is 0 Å². The standard InChI is InChI=1S/C18H21N.C18H18.C18H16.4CH4/c1-18(2,3)19-16-10-6-4-8-14(16)12-13-15-9-5-7-11-17(15)19;2*1-13(2)18-16-9-5-3-7-14(16)11-12-15-8-4-6-10-17(15)18;;;;/h4-11H,12-13H2,1-3H3;3-10H,11-12H2,1-2H3;3-12H,1-2H3;4*1H4. The molecule has 6 aromatic carbocycles. The summed E-state index contributed by atoms with van der Waals surface area (Å²) >= 11 is 0. The third-order valence-corrected chi connectivity index (χ3v) is 10.9. The van der Waals surface area contributed by atoms with Crippen molar-refractivity contribution in [1.29, 1.82) is 0 Å². The molecule has 0 unspecified atom stereocenters. The van der Waals surface area contributed by atoms with E-state index >= 15 is 0 Å². The van der Waals surface area contributed by atoms with Gasteiger partial charge in [0.1, 0.15) is 0 Å². The molecule has 1 heteroatoms. The molecule has 2 aliphatic carbocycles. The highest BCUT2D eigenvalue weighted by molar-refractivity contribution is 5.94. The zero-order valence-electron chi connectivity index (χ0n) is 33.8. The summed E-state index contributed by atoms with van der Waals surface area (Å²) < 4.78 is 0. The Bertz CT molecular complexity index is 2240. The first-order valence-electron chi connectivity index (χ1n) is 20.0. The van der Waals surface area contributed by atoms with Crippen LogP contribution in [-0.2, 0) is 25.7 Å². The van der Waals surface area contributed by atoms with Crippen LogP contribution in [0.3, 0.4) is 0 Å². The molecule has 1 nitrogen and oxygen atoms in total. The van der Waals surface area contributed by atoms with Crippen LogP contribution in [0.15, 0.2) is 157 Å². The average molecular weight is 782 g/mol. The van der Waals surface area contributed by atoms with Gasteiger partial charge >= 0.3 is 0 Å². The van der Waals surface area contributed by atoms with Crippen molar-refractivity contribution in [2.75, 3.05) is 4.90 Å². The Kier molecular flexibility index (Phi) is 16.9. The van der Waals surface area contributed by atoms with Crippen molar-refractivity contribution in [3.05, 3.63) is 212 Å². The lowest BCUT2D eigenvalue weighted by Crippen LogP contribution is -2.38. The SMILES string of the molecule is C.C.C.C.CC(C)(C)N1c2ccccc2CCc2ccccc21.CC(C)=C1c2ccccc2C=Cc2ccccc21.CC(C)=C1c2ccccc2CCc2ccccc21. The van der Waals surface area contributed by atoms with Crippen LogP contribution in [0.4, 0.5) is 11.4 Å². The van der Waals surface area contributed by atoms with Crippen molar-refractivity contribution >= 4 is 34.7 Å². The minimum absolute atomic E-state index is 0. The normalized spacial score (nSPS) is 12.7. The number of fused-ring (bicyclic) bond motifs is 6. The van der Waals surface area contributed by atoms with Crippen LogP contribution in [0.5, 0.6) is 0 Å². The Morgan fingerprint density at radius 2 is 0.661 bits per heavy atom. The summed E-state index contributed by atoms with van der Waals surface area (Å²) in [6.45, 7) is 15.7. The molecule has 6 aromatic rings. The van der Waals surface area contributed by atoms with Gasteiger partial charge in [0.15, 0.2) is 0 Å². The van der Waals surface area contributed by atoms with Crippen LogP contribution in [0.1, 0.15) is 134 Å². The molecule has 0 spiro atoms. The average Bonchev–Trinajstić information content (AvgIpc) is 3.55. The lowest BCUT2D eigenvalue weighted by Gasteiger charge is -2.39. The van der Waals surface area contributed by atoms with Crippen LogP contribution in [-0.4, -0.2) is 5.54 Å². The van der Waals surface area contributed by atoms with E-state index in [1.54, 1.807) is 0 Å². The number of hydrogen-bond donors (Lipinski definition) is 0. The third-order valence-electron chi connectivity index (χ3n) is 10.9. The van der Waals surface area contributed by atoms with Gasteiger partial charge in [0.2, 0.25) is 0 Å². The molecule has 0 saturated carbocycles. The van der Waals surface area contributed by atoms with Crippen LogP contribution >= 0.6 is 0 Å². The lowest BCUT2D eigenvalue weighted by molar-refractivity contribution is 0.559. The summed E-state index contributed by atoms with van der Waals surface area (Å²) in [5.41, 5.74) is 22.3. The summed E-state index contributed by atoms with van der Waals surface area (Å²) in [5.74, 6) is 0. The van der Waals surface area contributed by atoms with E-state index in [1.807, 2.05) is 0 Å². The molecule has 0 atom stereocenters. The molecule has 0 fully saturated rings. The fourth-order valence-corrected chi connectivity index (χ4v) is 8.52. The smallest absolute Gasteiger partial charge is 0.0448 e. The monoisotopic (exact) mass is 782 g/mol. The molecule has 0 saturated heterocycles. The van der Waals surface area contributed by atoms with Crippen LogP contribution in [0.25, 0.3) is 23.3 Å². The van der Waals surface area contributed by atoms with Crippen molar-refractivity contribution < 1.29 is 0 Å². The maximum Gasteiger partial charge on any atom is 0.0448 e. The van der Waals surface area contributed by atoms with E-state index in [1.165, 1.54) is 89.3 Å². The van der Waals surface area contributed by atoms with E-state index in [0.29, 0.717) is 0 Å². The molecule has 9 rings (SSSR count). The number of rotatable bonds is 0. The Morgan fingerprint density at radius 1 is 0.373 bits per heavy atom. The highest BCUT2D eigenvalue weighted by Gasteiger charge is 2.29. The van der Waals surface area contributed by atoms with Gasteiger partial charge in [-0.25, -0.2) is 0 Å². The van der Waals surface area contributed by atoms with E-state index in [-0.39, 0.29) is 35.2 Å². The van der Waals surface area contributed by atoms with E-state index in [4.69, 9.17) is 0 Å². The number of aryl methyl sites for hydroxylation is 4. The first-order valence-corrected chi connectivity index (χ1v) is 20.0. The Hall–Kier alpha value is -5.66. The van der Waals surface area contributed by atoms with Gasteiger partial charge in [-0.05, 0) is 153 Å². The Balaban J connectivity index is 0.000000229. The predicted octanol–water partition coefficient (Wildman–Crippen LogP) is 16.9. The van der Waals surface area contributed by atoms with Crippen LogP contribution in [0, 0.1) is 0 Å². The summed E-state index contributed by atoms with van der Waals surface area (Å²) in [4.78, 5) is 2.49. The van der Waals surface area contributed by atoms with Crippen molar-refractivity contribution in [2.24, 2.45) is 0 Å². The van der Waals surface area contributed by atoms with Gasteiger partial charge in [0, 0.05) is 16.9 Å². The third kappa shape index (κ3) is 10.3. The van der Waals surface area contributed by atoms with Crippen molar-refractivity contribution in [3.8, 4) is 0 Å². The second-order valence-corrected chi connectivity index (χ2v) is 16.3. The number of anilines is 2. The largest absolute Gasteiger partial charge is 0.336 e. The molecule has 59 heavy (non-hydrogen) atoms. The molecular formula is C58H71N. The molecule has 1 aliphatic heterocycles. The number of benzene rings is 6. The number of hydrogen-bond acceptors (Lipinski definition) is 1. The molecule has 0 aromatic heterocycles. The molecule has 0 radical (unpaired) electrons. The number of allylic oxidation sites excluding steroid dienone is 2. The Morgan fingerprint density at radius 3 is 1.03 bits per heavy atom. The van der Waals surface area contributed by atoms with Gasteiger partial charge in [0.05, 0.1) is 0 Å². The van der Waals surface area contributed by atoms with Crippen molar-refractivity contribution in [1.82, 2.24) is 0 Å². The fraction of sp³-hybridized carbons (Fsp3) is 0.276. The number of nitrogens with zero attached hydrogens (tertiary/aromatic N) is 1. The second kappa shape index (κ2) is 20.9. The van der Waals surface area contributed by atoms with Gasteiger partial charge in [-0.2, -0.15) is 0 Å². The van der Waals surface area contributed by atoms with Crippen molar-refractivity contribution in [3.63, 3.8) is 0 Å². The summed E-state index contributed by atoms with van der Waals surface area (Å²) in [5, 5.41) is 0. The first-order chi connectivity index (χ1) is 26.6. The first kappa shape index (κ1) is 47.7. The second-order valence-electron chi connectivity index (χ2n) is 16.3. The summed E-state index contributed by atoms with van der Waals surface area (Å²) in [6, 6.07) is 52.5. The Labute approximate surface area is 359 Å². The van der Waals surface area contributed by atoms with Gasteiger partial charge in [-0.3, -0.25) is 0 Å². The maximum absolute atomic E-state index is 2.49. The molecule has 308 valence electrons. The summed E-state index contributed by atoms with van der Waals surface area (Å²) in [6.07, 6.45) is 8.96. The van der Waals surface area contributed by atoms with Gasteiger partial charge in [-0.1, -0.05) is 186 Å². The van der Waals surface area contributed by atoms with E-state index in [2.05, 4.69) is 211 Å². The number of para-hydroxylation sites is 2. The van der Waals surface area contributed by atoms with Gasteiger partial charge in [0.25, 0.3) is 0 Å². The lowest BCUT2D eigenvalue weighted by atomic mass is 9.90. The van der Waals surface area contributed by atoms with E-state index in [9.17, 15) is 0 Å². The van der Waals surface area contributed by atoms with Gasteiger partial charge < -0.3 is 4.90 Å². The minimum atomic E-state index is 0. The summed E-state index contributed by atoms with van der Waals surface area (Å²) in [7, 11) is 0. The molecule has 0 N–H and O–H groups in total. The zero-order valence-corrected chi connectivity index (χ0v) is 33.8. The molecular weight excluding hydrogens is 711 g/mol. The topological polar surface area (TPSA) is 3.24 Å². The molecule has 0 bridgehead atoms. The quantitative estimate of drug-likeness (QED) is 0.148.